The second-order valence-electron chi connectivity index (χ2n) is 6.59. The zero-order valence-electron chi connectivity index (χ0n) is 11.8. The number of piperidine rings is 1. The fourth-order valence-corrected chi connectivity index (χ4v) is 2.40. The largest absolute Gasteiger partial charge is 0.393 e. The van der Waals surface area contributed by atoms with E-state index in [2.05, 4.69) is 25.7 Å². The summed E-state index contributed by atoms with van der Waals surface area (Å²) in [4.78, 5) is 2.41. The molecule has 0 aromatic heterocycles. The Morgan fingerprint density at radius 3 is 2.12 bits per heavy atom. The lowest BCUT2D eigenvalue weighted by atomic mass is 9.86. The van der Waals surface area contributed by atoms with Crippen molar-refractivity contribution in [1.29, 1.82) is 0 Å². The zero-order chi connectivity index (χ0) is 13.1. The first-order chi connectivity index (χ1) is 7.80. The van der Waals surface area contributed by atoms with Gasteiger partial charge in [-0.05, 0) is 50.6 Å². The van der Waals surface area contributed by atoms with Crippen molar-refractivity contribution in [2.24, 2.45) is 11.3 Å². The Morgan fingerprint density at radius 1 is 1.18 bits per heavy atom. The molecule has 1 aliphatic rings. The fraction of sp³-hybridized carbons (Fsp3) is 1.00. The Kier molecular flexibility index (Phi) is 5.42. The Labute approximate surface area is 106 Å². The van der Waals surface area contributed by atoms with Crippen molar-refractivity contribution in [2.75, 3.05) is 19.6 Å². The number of likely N-dealkylation sites (tertiary alicyclic amines) is 1. The quantitative estimate of drug-likeness (QED) is 0.792. The van der Waals surface area contributed by atoms with Gasteiger partial charge in [-0.3, -0.25) is 0 Å². The summed E-state index contributed by atoms with van der Waals surface area (Å²) in [6.45, 7) is 11.2. The summed E-state index contributed by atoms with van der Waals surface area (Å²) in [6, 6.07) is 0. The van der Waals surface area contributed by atoms with E-state index in [1.54, 1.807) is 0 Å². The zero-order valence-corrected chi connectivity index (χ0v) is 11.8. The van der Waals surface area contributed by atoms with Gasteiger partial charge in [-0.1, -0.05) is 20.8 Å². The van der Waals surface area contributed by atoms with Crippen LogP contribution in [0.25, 0.3) is 0 Å². The van der Waals surface area contributed by atoms with Crippen LogP contribution in [0.15, 0.2) is 0 Å². The average molecular weight is 243 g/mol. The molecule has 1 rings (SSSR count). The fourth-order valence-electron chi connectivity index (χ4n) is 2.40. The molecular formula is C14H29NO2. The summed E-state index contributed by atoms with van der Waals surface area (Å²) in [7, 11) is 0. The minimum Gasteiger partial charge on any atom is -0.393 e. The Bertz CT molecular complexity index is 215. The summed E-state index contributed by atoms with van der Waals surface area (Å²) in [6.07, 6.45) is 2.63. The van der Waals surface area contributed by atoms with Crippen LogP contribution < -0.4 is 0 Å². The van der Waals surface area contributed by atoms with Crippen molar-refractivity contribution in [3.63, 3.8) is 0 Å². The van der Waals surface area contributed by atoms with Crippen LogP contribution in [0.3, 0.4) is 0 Å². The predicted octanol–water partition coefficient (Wildman–Crippen LogP) is 1.88. The Balaban J connectivity index is 2.23. The standard InChI is InChI=1S/C14H29NO2/c1-11(16)12-5-8-15(9-6-12)10-7-13(17)14(2,3)4/h11-13,16-17H,5-10H2,1-4H3. The first-order valence-electron chi connectivity index (χ1n) is 6.89. The lowest BCUT2D eigenvalue weighted by Crippen LogP contribution is -2.39. The third-order valence-corrected chi connectivity index (χ3v) is 4.03. The third-order valence-electron chi connectivity index (χ3n) is 4.03. The summed E-state index contributed by atoms with van der Waals surface area (Å²) in [5, 5.41) is 19.5. The predicted molar refractivity (Wildman–Crippen MR) is 70.9 cm³/mol. The van der Waals surface area contributed by atoms with Gasteiger partial charge in [0, 0.05) is 6.54 Å². The second-order valence-corrected chi connectivity index (χ2v) is 6.59. The third kappa shape index (κ3) is 4.94. The summed E-state index contributed by atoms with van der Waals surface area (Å²) >= 11 is 0. The topological polar surface area (TPSA) is 43.7 Å². The van der Waals surface area contributed by atoms with Gasteiger partial charge in [0.05, 0.1) is 12.2 Å². The molecule has 3 heteroatoms. The van der Waals surface area contributed by atoms with E-state index in [1.807, 2.05) is 6.92 Å². The highest BCUT2D eigenvalue weighted by Gasteiger charge is 2.25. The van der Waals surface area contributed by atoms with Gasteiger partial charge in [-0.15, -0.1) is 0 Å². The van der Waals surface area contributed by atoms with E-state index in [-0.39, 0.29) is 17.6 Å². The molecule has 102 valence electrons. The molecule has 17 heavy (non-hydrogen) atoms. The van der Waals surface area contributed by atoms with Crippen molar-refractivity contribution in [3.8, 4) is 0 Å². The van der Waals surface area contributed by atoms with Crippen LogP contribution in [-0.2, 0) is 0 Å². The first-order valence-corrected chi connectivity index (χ1v) is 6.89. The van der Waals surface area contributed by atoms with E-state index in [0.29, 0.717) is 5.92 Å². The van der Waals surface area contributed by atoms with Gasteiger partial charge in [0.15, 0.2) is 0 Å². The number of aliphatic hydroxyl groups is 2. The van der Waals surface area contributed by atoms with E-state index in [0.717, 1.165) is 38.9 Å². The van der Waals surface area contributed by atoms with Crippen LogP contribution in [0, 0.1) is 11.3 Å². The van der Waals surface area contributed by atoms with Crippen LogP contribution in [0.4, 0.5) is 0 Å². The molecular weight excluding hydrogens is 214 g/mol. The van der Waals surface area contributed by atoms with Gasteiger partial charge in [-0.2, -0.15) is 0 Å². The van der Waals surface area contributed by atoms with Gasteiger partial charge >= 0.3 is 0 Å². The summed E-state index contributed by atoms with van der Waals surface area (Å²) in [5.74, 6) is 0.471. The maximum absolute atomic E-state index is 9.99. The molecule has 3 nitrogen and oxygen atoms in total. The molecule has 1 heterocycles. The SMILES string of the molecule is CC(O)C1CCN(CCC(O)C(C)(C)C)CC1. The molecule has 0 saturated carbocycles. The van der Waals surface area contributed by atoms with Gasteiger partial charge in [0.2, 0.25) is 0 Å². The van der Waals surface area contributed by atoms with Crippen molar-refractivity contribution >= 4 is 0 Å². The van der Waals surface area contributed by atoms with Crippen LogP contribution >= 0.6 is 0 Å². The number of rotatable bonds is 4. The molecule has 2 N–H and O–H groups in total. The summed E-state index contributed by atoms with van der Waals surface area (Å²) < 4.78 is 0. The molecule has 0 aromatic rings. The molecule has 1 saturated heterocycles. The number of hydrogen-bond acceptors (Lipinski definition) is 3. The van der Waals surface area contributed by atoms with Crippen molar-refractivity contribution in [2.45, 2.75) is 59.2 Å². The highest BCUT2D eigenvalue weighted by atomic mass is 16.3. The number of aliphatic hydroxyl groups excluding tert-OH is 2. The van der Waals surface area contributed by atoms with E-state index in [4.69, 9.17) is 0 Å². The van der Waals surface area contributed by atoms with Crippen molar-refractivity contribution < 1.29 is 10.2 Å². The molecule has 2 atom stereocenters. The van der Waals surface area contributed by atoms with Crippen LogP contribution in [-0.4, -0.2) is 47.0 Å². The minimum absolute atomic E-state index is 0.0159. The van der Waals surface area contributed by atoms with E-state index >= 15 is 0 Å². The van der Waals surface area contributed by atoms with Crippen LogP contribution in [0.1, 0.15) is 47.0 Å². The van der Waals surface area contributed by atoms with Gasteiger partial charge in [0.25, 0.3) is 0 Å². The maximum Gasteiger partial charge on any atom is 0.0600 e. The maximum atomic E-state index is 9.99. The van der Waals surface area contributed by atoms with Crippen LogP contribution in [0.2, 0.25) is 0 Å². The highest BCUT2D eigenvalue weighted by Crippen LogP contribution is 2.24. The lowest BCUT2D eigenvalue weighted by molar-refractivity contribution is 0.0329. The molecule has 0 spiro atoms. The van der Waals surface area contributed by atoms with E-state index < -0.39 is 0 Å². The van der Waals surface area contributed by atoms with Gasteiger partial charge in [0.1, 0.15) is 0 Å². The smallest absolute Gasteiger partial charge is 0.0600 e. The molecule has 2 unspecified atom stereocenters. The number of nitrogens with zero attached hydrogens (tertiary/aromatic N) is 1. The minimum atomic E-state index is -0.225. The van der Waals surface area contributed by atoms with Crippen LogP contribution in [0.5, 0.6) is 0 Å². The Morgan fingerprint density at radius 2 is 1.71 bits per heavy atom. The molecule has 1 aliphatic heterocycles. The second kappa shape index (κ2) is 6.17. The van der Waals surface area contributed by atoms with Crippen molar-refractivity contribution in [1.82, 2.24) is 4.90 Å². The Hall–Kier alpha value is -0.120. The lowest BCUT2D eigenvalue weighted by Gasteiger charge is -2.35. The molecule has 0 aromatic carbocycles. The van der Waals surface area contributed by atoms with E-state index in [1.165, 1.54) is 0 Å². The highest BCUT2D eigenvalue weighted by molar-refractivity contribution is 4.78. The summed E-state index contributed by atoms with van der Waals surface area (Å²) in [5.41, 5.74) is -0.0159. The molecule has 0 radical (unpaired) electrons. The normalized spacial score (nSPS) is 23.6. The van der Waals surface area contributed by atoms with Gasteiger partial charge < -0.3 is 15.1 Å². The molecule has 0 aliphatic carbocycles. The molecule has 0 amide bonds. The molecule has 1 fully saturated rings. The molecule has 0 bridgehead atoms. The van der Waals surface area contributed by atoms with Crippen molar-refractivity contribution in [3.05, 3.63) is 0 Å². The monoisotopic (exact) mass is 243 g/mol. The number of hydrogen-bond donors (Lipinski definition) is 2. The van der Waals surface area contributed by atoms with Gasteiger partial charge in [-0.25, -0.2) is 0 Å². The average Bonchev–Trinajstić information content (AvgIpc) is 2.25. The van der Waals surface area contributed by atoms with E-state index in [9.17, 15) is 10.2 Å². The first kappa shape index (κ1) is 14.9.